The third-order valence-corrected chi connectivity index (χ3v) is 3.64. The Balaban J connectivity index is 2.03. The Morgan fingerprint density at radius 3 is 2.52 bits per heavy atom. The predicted molar refractivity (Wildman–Crippen MR) is 70.5 cm³/mol. The molecule has 21 heavy (non-hydrogen) atoms. The lowest BCUT2D eigenvalue weighted by molar-refractivity contribution is -0.147. The van der Waals surface area contributed by atoms with E-state index in [0.717, 1.165) is 12.1 Å². The van der Waals surface area contributed by atoms with E-state index in [1.165, 1.54) is 19.2 Å². The molecule has 1 aliphatic rings. The van der Waals surface area contributed by atoms with Gasteiger partial charge in [0.2, 0.25) is 0 Å². The number of alkyl halides is 3. The average Bonchev–Trinajstić information content (AvgIpc) is 2.94. The third-order valence-electron chi connectivity index (χ3n) is 3.64. The van der Waals surface area contributed by atoms with Gasteiger partial charge in [0.05, 0.1) is 12.7 Å². The molecule has 1 aromatic carbocycles. The van der Waals surface area contributed by atoms with Crippen molar-refractivity contribution in [2.45, 2.75) is 24.7 Å². The summed E-state index contributed by atoms with van der Waals surface area (Å²) in [4.78, 5) is 11.9. The van der Waals surface area contributed by atoms with Crippen LogP contribution in [0.2, 0.25) is 0 Å². The Hall–Kier alpha value is -1.60. The van der Waals surface area contributed by atoms with Gasteiger partial charge in [0.25, 0.3) is 0 Å². The minimum Gasteiger partial charge on any atom is -0.468 e. The monoisotopic (exact) mass is 302 g/mol. The first-order valence-electron chi connectivity index (χ1n) is 6.58. The number of hydrogen-bond donors (Lipinski definition) is 2. The lowest BCUT2D eigenvalue weighted by Gasteiger charge is -2.26. The lowest BCUT2D eigenvalue weighted by atomic mass is 9.98. The molecule has 1 saturated heterocycles. The number of carbonyl (C=O) groups is 1. The van der Waals surface area contributed by atoms with Crippen molar-refractivity contribution in [2.24, 2.45) is 0 Å². The molecule has 0 aromatic heterocycles. The van der Waals surface area contributed by atoms with Crippen molar-refractivity contribution >= 4 is 5.97 Å². The average molecular weight is 302 g/mol. The van der Waals surface area contributed by atoms with E-state index in [9.17, 15) is 18.0 Å². The van der Waals surface area contributed by atoms with E-state index in [1.54, 1.807) is 0 Å². The summed E-state index contributed by atoms with van der Waals surface area (Å²) in [6.07, 6.45) is -3.76. The summed E-state index contributed by atoms with van der Waals surface area (Å²) in [5.41, 5.74) is -0.813. The van der Waals surface area contributed by atoms with Gasteiger partial charge < -0.3 is 10.1 Å². The van der Waals surface area contributed by atoms with Crippen molar-refractivity contribution in [1.82, 2.24) is 10.6 Å². The second-order valence-corrected chi connectivity index (χ2v) is 5.05. The van der Waals surface area contributed by atoms with Crippen LogP contribution < -0.4 is 10.6 Å². The van der Waals surface area contributed by atoms with Crippen LogP contribution in [0, 0.1) is 0 Å². The summed E-state index contributed by atoms with van der Waals surface area (Å²) < 4.78 is 42.2. The van der Waals surface area contributed by atoms with Gasteiger partial charge in [-0.25, -0.2) is 0 Å². The van der Waals surface area contributed by atoms with E-state index in [1.807, 2.05) is 0 Å². The van der Waals surface area contributed by atoms with E-state index >= 15 is 0 Å². The number of esters is 1. The fraction of sp³-hybridized carbons (Fsp3) is 0.500. The van der Waals surface area contributed by atoms with Crippen molar-refractivity contribution in [3.8, 4) is 0 Å². The number of methoxy groups -OCH3 is 1. The molecule has 2 N–H and O–H groups in total. The number of halogens is 3. The molecule has 1 heterocycles. The van der Waals surface area contributed by atoms with Crippen LogP contribution in [0.1, 0.15) is 17.5 Å². The summed E-state index contributed by atoms with van der Waals surface area (Å²) in [6.45, 7) is 1.43. The molecule has 1 aromatic rings. The van der Waals surface area contributed by atoms with E-state index in [0.29, 0.717) is 31.6 Å². The van der Waals surface area contributed by atoms with Crippen molar-refractivity contribution in [3.63, 3.8) is 0 Å². The molecular formula is C14H17F3N2O2. The Bertz CT molecular complexity index is 494. The van der Waals surface area contributed by atoms with Gasteiger partial charge in [-0.2, -0.15) is 13.2 Å². The van der Waals surface area contributed by atoms with E-state index in [4.69, 9.17) is 4.74 Å². The molecule has 0 amide bonds. The number of nitrogens with one attached hydrogen (secondary N) is 2. The molecule has 1 atom stereocenters. The maximum Gasteiger partial charge on any atom is 0.416 e. The third kappa shape index (κ3) is 3.54. The largest absolute Gasteiger partial charge is 0.468 e. The first kappa shape index (κ1) is 15.8. The van der Waals surface area contributed by atoms with Crippen LogP contribution >= 0.6 is 0 Å². The van der Waals surface area contributed by atoms with Crippen LogP contribution in [0.3, 0.4) is 0 Å². The van der Waals surface area contributed by atoms with Gasteiger partial charge in [-0.3, -0.25) is 10.1 Å². The quantitative estimate of drug-likeness (QED) is 0.831. The molecule has 1 fully saturated rings. The topological polar surface area (TPSA) is 50.4 Å². The fourth-order valence-electron chi connectivity index (χ4n) is 2.37. The molecule has 1 unspecified atom stereocenters. The SMILES string of the molecule is COC(=O)C1(NCc2ccc(C(F)(F)F)cc2)CCNC1. The van der Waals surface area contributed by atoms with Gasteiger partial charge in [-0.1, -0.05) is 12.1 Å². The Morgan fingerprint density at radius 2 is 2.05 bits per heavy atom. The van der Waals surface area contributed by atoms with Crippen LogP contribution in [0.5, 0.6) is 0 Å². The Morgan fingerprint density at radius 1 is 1.38 bits per heavy atom. The van der Waals surface area contributed by atoms with Crippen molar-refractivity contribution in [3.05, 3.63) is 35.4 Å². The van der Waals surface area contributed by atoms with Gasteiger partial charge in [-0.15, -0.1) is 0 Å². The zero-order valence-corrected chi connectivity index (χ0v) is 11.6. The van der Waals surface area contributed by atoms with E-state index in [2.05, 4.69) is 10.6 Å². The lowest BCUT2D eigenvalue weighted by Crippen LogP contribution is -2.53. The molecule has 0 saturated carbocycles. The van der Waals surface area contributed by atoms with Crippen LogP contribution in [-0.4, -0.2) is 31.7 Å². The van der Waals surface area contributed by atoms with Crippen LogP contribution in [0.15, 0.2) is 24.3 Å². The standard InChI is InChI=1S/C14H17F3N2O2/c1-21-12(20)13(6-7-18-9-13)19-8-10-2-4-11(5-3-10)14(15,16)17/h2-5,18-19H,6-9H2,1H3. The summed E-state index contributed by atoms with van der Waals surface area (Å²) >= 11 is 0. The maximum absolute atomic E-state index is 12.5. The maximum atomic E-state index is 12.5. The summed E-state index contributed by atoms with van der Waals surface area (Å²) in [5, 5.41) is 6.18. The molecule has 4 nitrogen and oxygen atoms in total. The number of ether oxygens (including phenoxy) is 1. The number of hydrogen-bond acceptors (Lipinski definition) is 4. The van der Waals surface area contributed by atoms with Crippen LogP contribution in [-0.2, 0) is 22.3 Å². The van der Waals surface area contributed by atoms with Gasteiger partial charge in [0.15, 0.2) is 0 Å². The van der Waals surface area contributed by atoms with Crippen molar-refractivity contribution in [2.75, 3.05) is 20.2 Å². The molecule has 1 aliphatic heterocycles. The highest BCUT2D eigenvalue weighted by Gasteiger charge is 2.41. The molecule has 116 valence electrons. The first-order valence-corrected chi connectivity index (χ1v) is 6.58. The highest BCUT2D eigenvalue weighted by atomic mass is 19.4. The molecule has 7 heteroatoms. The Kier molecular flexibility index (Phi) is 4.53. The van der Waals surface area contributed by atoms with Gasteiger partial charge in [-0.05, 0) is 30.7 Å². The highest BCUT2D eigenvalue weighted by Crippen LogP contribution is 2.29. The summed E-state index contributed by atoms with van der Waals surface area (Å²) in [5.74, 6) is -0.362. The van der Waals surface area contributed by atoms with E-state index < -0.39 is 17.3 Å². The summed E-state index contributed by atoms with van der Waals surface area (Å²) in [6, 6.07) is 4.88. The normalized spacial score (nSPS) is 22.3. The Labute approximate surface area is 120 Å². The first-order chi connectivity index (χ1) is 9.87. The predicted octanol–water partition coefficient (Wildman–Crippen LogP) is 1.70. The minimum absolute atomic E-state index is 0.301. The second-order valence-electron chi connectivity index (χ2n) is 5.05. The van der Waals surface area contributed by atoms with E-state index in [-0.39, 0.29) is 5.97 Å². The van der Waals surface area contributed by atoms with Gasteiger partial charge in [0, 0.05) is 13.1 Å². The van der Waals surface area contributed by atoms with Crippen LogP contribution in [0.25, 0.3) is 0 Å². The zero-order chi connectivity index (χ0) is 15.5. The fourth-order valence-corrected chi connectivity index (χ4v) is 2.37. The highest BCUT2D eigenvalue weighted by molar-refractivity contribution is 5.81. The van der Waals surface area contributed by atoms with Gasteiger partial charge >= 0.3 is 12.1 Å². The number of rotatable bonds is 4. The zero-order valence-electron chi connectivity index (χ0n) is 11.6. The molecule has 0 aliphatic carbocycles. The summed E-state index contributed by atoms with van der Waals surface area (Å²) in [7, 11) is 1.32. The molecule has 0 spiro atoms. The molecule has 2 rings (SSSR count). The number of benzene rings is 1. The van der Waals surface area contributed by atoms with Crippen LogP contribution in [0.4, 0.5) is 13.2 Å². The minimum atomic E-state index is -4.34. The van der Waals surface area contributed by atoms with Crippen molar-refractivity contribution in [1.29, 1.82) is 0 Å². The molecule has 0 radical (unpaired) electrons. The smallest absolute Gasteiger partial charge is 0.416 e. The second kappa shape index (κ2) is 6.03. The number of carbonyl (C=O) groups excluding carboxylic acids is 1. The molecular weight excluding hydrogens is 285 g/mol. The van der Waals surface area contributed by atoms with Crippen molar-refractivity contribution < 1.29 is 22.7 Å². The van der Waals surface area contributed by atoms with Gasteiger partial charge in [0.1, 0.15) is 5.54 Å². The molecule has 0 bridgehead atoms.